The number of nitrogens with two attached hydrogens (primary N) is 1. The zero-order valence-corrected chi connectivity index (χ0v) is 14.5. The third-order valence-electron chi connectivity index (χ3n) is 4.11. The molecular weight excluding hydrogens is 338 g/mol. The SMILES string of the molecule is Nc1ccc(C2CC(c3cccs3)=NN2c2cccc(Cl)c2)cc1. The molecule has 0 saturated heterocycles. The van der Waals surface area contributed by atoms with Gasteiger partial charge in [0.25, 0.3) is 0 Å². The monoisotopic (exact) mass is 353 g/mol. The lowest BCUT2D eigenvalue weighted by Crippen LogP contribution is -2.18. The van der Waals surface area contributed by atoms with E-state index >= 15 is 0 Å². The van der Waals surface area contributed by atoms with Crippen LogP contribution in [0.2, 0.25) is 5.02 Å². The standard InChI is InChI=1S/C19H16ClN3S/c20-14-3-1-4-16(11-14)23-18(13-6-8-15(21)9-7-13)12-17(22-23)19-5-2-10-24-19/h1-11,18H,12,21H2. The molecule has 0 fully saturated rings. The van der Waals surface area contributed by atoms with E-state index < -0.39 is 0 Å². The van der Waals surface area contributed by atoms with Gasteiger partial charge in [0.2, 0.25) is 0 Å². The topological polar surface area (TPSA) is 41.6 Å². The van der Waals surface area contributed by atoms with E-state index in [4.69, 9.17) is 22.4 Å². The number of thiophene rings is 1. The van der Waals surface area contributed by atoms with E-state index in [9.17, 15) is 0 Å². The molecule has 2 aromatic carbocycles. The number of hydrogen-bond acceptors (Lipinski definition) is 4. The smallest absolute Gasteiger partial charge is 0.0832 e. The van der Waals surface area contributed by atoms with Crippen LogP contribution in [0.15, 0.2) is 71.1 Å². The second-order valence-corrected chi connectivity index (χ2v) is 7.12. The Balaban J connectivity index is 1.76. The van der Waals surface area contributed by atoms with Gasteiger partial charge in [-0.05, 0) is 47.3 Å². The molecule has 0 saturated carbocycles. The Hall–Kier alpha value is -2.30. The molecular formula is C19H16ClN3S. The number of halogens is 1. The first kappa shape index (κ1) is 15.2. The average Bonchev–Trinajstić information content (AvgIpc) is 3.25. The molecule has 0 amide bonds. The van der Waals surface area contributed by atoms with Gasteiger partial charge in [0.05, 0.1) is 22.3 Å². The summed E-state index contributed by atoms with van der Waals surface area (Å²) in [5.41, 5.74) is 9.90. The molecule has 2 N–H and O–H groups in total. The van der Waals surface area contributed by atoms with Gasteiger partial charge in [-0.1, -0.05) is 35.9 Å². The van der Waals surface area contributed by atoms with Crippen molar-refractivity contribution in [3.05, 3.63) is 81.5 Å². The average molecular weight is 354 g/mol. The van der Waals surface area contributed by atoms with Gasteiger partial charge in [-0.2, -0.15) is 5.10 Å². The maximum Gasteiger partial charge on any atom is 0.0832 e. The first-order chi connectivity index (χ1) is 11.7. The van der Waals surface area contributed by atoms with E-state index in [1.54, 1.807) is 11.3 Å². The Morgan fingerprint density at radius 1 is 1.08 bits per heavy atom. The lowest BCUT2D eigenvalue weighted by Gasteiger charge is -2.24. The van der Waals surface area contributed by atoms with Gasteiger partial charge >= 0.3 is 0 Å². The van der Waals surface area contributed by atoms with E-state index in [1.807, 2.05) is 36.4 Å². The summed E-state index contributed by atoms with van der Waals surface area (Å²) in [5, 5.41) is 9.75. The summed E-state index contributed by atoms with van der Waals surface area (Å²) in [6.07, 6.45) is 0.858. The minimum absolute atomic E-state index is 0.140. The number of nitrogens with zero attached hydrogens (tertiary/aromatic N) is 2. The van der Waals surface area contributed by atoms with Crippen LogP contribution in [0.1, 0.15) is 22.9 Å². The summed E-state index contributed by atoms with van der Waals surface area (Å²) >= 11 is 7.90. The summed E-state index contributed by atoms with van der Waals surface area (Å²) in [6.45, 7) is 0. The summed E-state index contributed by atoms with van der Waals surface area (Å²) in [4.78, 5) is 1.21. The zero-order valence-electron chi connectivity index (χ0n) is 12.9. The number of hydrogen-bond donors (Lipinski definition) is 1. The first-order valence-corrected chi connectivity index (χ1v) is 8.98. The molecule has 5 heteroatoms. The molecule has 120 valence electrons. The molecule has 2 heterocycles. The predicted octanol–water partition coefficient (Wildman–Crippen LogP) is 5.34. The lowest BCUT2D eigenvalue weighted by atomic mass is 10.0. The van der Waals surface area contributed by atoms with Crippen LogP contribution in [0.5, 0.6) is 0 Å². The molecule has 0 bridgehead atoms. The molecule has 1 aliphatic rings. The van der Waals surface area contributed by atoms with E-state index in [1.165, 1.54) is 10.4 Å². The molecule has 1 aromatic heterocycles. The van der Waals surface area contributed by atoms with Gasteiger partial charge in [-0.25, -0.2) is 0 Å². The van der Waals surface area contributed by atoms with Crippen LogP contribution in [0.4, 0.5) is 11.4 Å². The maximum absolute atomic E-state index is 6.18. The van der Waals surface area contributed by atoms with Gasteiger partial charge in [0.1, 0.15) is 0 Å². The summed E-state index contributed by atoms with van der Waals surface area (Å²) in [6, 6.07) is 20.2. The fourth-order valence-electron chi connectivity index (χ4n) is 2.94. The normalized spacial score (nSPS) is 17.1. The molecule has 1 aliphatic heterocycles. The van der Waals surface area contributed by atoms with Gasteiger partial charge in [-0.3, -0.25) is 5.01 Å². The minimum Gasteiger partial charge on any atom is -0.399 e. The molecule has 4 rings (SSSR count). The van der Waals surface area contributed by atoms with E-state index in [0.717, 1.165) is 23.5 Å². The highest BCUT2D eigenvalue weighted by molar-refractivity contribution is 7.12. The third kappa shape index (κ3) is 2.90. The van der Waals surface area contributed by atoms with Gasteiger partial charge in [-0.15, -0.1) is 11.3 Å². The predicted molar refractivity (Wildman–Crippen MR) is 103 cm³/mol. The highest BCUT2D eigenvalue weighted by Gasteiger charge is 2.30. The summed E-state index contributed by atoms with van der Waals surface area (Å²) in [5.74, 6) is 0. The van der Waals surface area contributed by atoms with Crippen molar-refractivity contribution >= 4 is 40.0 Å². The van der Waals surface area contributed by atoms with Crippen molar-refractivity contribution < 1.29 is 0 Å². The molecule has 1 atom stereocenters. The Morgan fingerprint density at radius 2 is 1.92 bits per heavy atom. The number of hydrazone groups is 1. The number of benzene rings is 2. The maximum atomic E-state index is 6.18. The van der Waals surface area contributed by atoms with E-state index in [2.05, 4.69) is 34.7 Å². The number of rotatable bonds is 3. The van der Waals surface area contributed by atoms with Crippen molar-refractivity contribution in [2.45, 2.75) is 12.5 Å². The quantitative estimate of drug-likeness (QED) is 0.646. The minimum atomic E-state index is 0.140. The molecule has 0 aliphatic carbocycles. The van der Waals surface area contributed by atoms with Crippen LogP contribution in [0.25, 0.3) is 0 Å². The van der Waals surface area contributed by atoms with Crippen LogP contribution in [-0.2, 0) is 0 Å². The Bertz CT molecular complexity index is 872. The highest BCUT2D eigenvalue weighted by atomic mass is 35.5. The van der Waals surface area contributed by atoms with Gasteiger partial charge in [0, 0.05) is 17.1 Å². The second-order valence-electron chi connectivity index (χ2n) is 5.74. The Labute approximate surface area is 150 Å². The van der Waals surface area contributed by atoms with Crippen molar-refractivity contribution in [2.75, 3.05) is 10.7 Å². The molecule has 1 unspecified atom stereocenters. The highest BCUT2D eigenvalue weighted by Crippen LogP contribution is 2.38. The van der Waals surface area contributed by atoms with Crippen molar-refractivity contribution in [3.8, 4) is 0 Å². The van der Waals surface area contributed by atoms with E-state index in [0.29, 0.717) is 5.02 Å². The Morgan fingerprint density at radius 3 is 2.62 bits per heavy atom. The molecule has 0 radical (unpaired) electrons. The van der Waals surface area contributed by atoms with Gasteiger partial charge < -0.3 is 5.73 Å². The number of anilines is 2. The summed E-state index contributed by atoms with van der Waals surface area (Å²) in [7, 11) is 0. The fourth-order valence-corrected chi connectivity index (χ4v) is 3.84. The Kier molecular flexibility index (Phi) is 4.00. The molecule has 3 nitrogen and oxygen atoms in total. The van der Waals surface area contributed by atoms with Crippen molar-refractivity contribution in [2.24, 2.45) is 5.10 Å². The number of nitrogen functional groups attached to an aromatic ring is 1. The zero-order chi connectivity index (χ0) is 16.5. The summed E-state index contributed by atoms with van der Waals surface area (Å²) < 4.78 is 0. The molecule has 24 heavy (non-hydrogen) atoms. The van der Waals surface area contributed by atoms with Crippen LogP contribution in [-0.4, -0.2) is 5.71 Å². The largest absolute Gasteiger partial charge is 0.399 e. The van der Waals surface area contributed by atoms with E-state index in [-0.39, 0.29) is 6.04 Å². The second kappa shape index (κ2) is 6.30. The first-order valence-electron chi connectivity index (χ1n) is 7.72. The van der Waals surface area contributed by atoms with Crippen LogP contribution in [0, 0.1) is 0 Å². The molecule has 3 aromatic rings. The molecule has 0 spiro atoms. The van der Waals surface area contributed by atoms with Crippen molar-refractivity contribution in [1.29, 1.82) is 0 Å². The van der Waals surface area contributed by atoms with Gasteiger partial charge in [0.15, 0.2) is 0 Å². The van der Waals surface area contributed by atoms with Crippen LogP contribution >= 0.6 is 22.9 Å². The van der Waals surface area contributed by atoms with Crippen molar-refractivity contribution in [1.82, 2.24) is 0 Å². The van der Waals surface area contributed by atoms with Crippen molar-refractivity contribution in [3.63, 3.8) is 0 Å². The lowest BCUT2D eigenvalue weighted by molar-refractivity contribution is 0.709. The van der Waals surface area contributed by atoms with Crippen LogP contribution < -0.4 is 10.7 Å². The third-order valence-corrected chi connectivity index (χ3v) is 5.26. The van der Waals surface area contributed by atoms with Crippen LogP contribution in [0.3, 0.4) is 0 Å². The fraction of sp³-hybridized carbons (Fsp3) is 0.105.